The lowest BCUT2D eigenvalue weighted by atomic mass is 9.73. The van der Waals surface area contributed by atoms with Crippen molar-refractivity contribution in [2.45, 2.75) is 66.6 Å². The monoisotopic (exact) mass is 486 g/mol. The summed E-state index contributed by atoms with van der Waals surface area (Å²) in [6.45, 7) is -2.22. The van der Waals surface area contributed by atoms with Gasteiger partial charge in [0.05, 0.1) is 26.4 Å². The van der Waals surface area contributed by atoms with Crippen LogP contribution in [0.5, 0.6) is 0 Å². The zero-order chi connectivity index (χ0) is 24.9. The van der Waals surface area contributed by atoms with E-state index >= 15 is 0 Å². The molecule has 0 aromatic rings. The highest BCUT2D eigenvalue weighted by Gasteiger charge is 2.66. The molecule has 0 aromatic carbocycles. The summed E-state index contributed by atoms with van der Waals surface area (Å²) in [7, 11) is 1.21. The van der Waals surface area contributed by atoms with Gasteiger partial charge in [-0.25, -0.2) is 4.79 Å². The maximum absolute atomic E-state index is 12.0. The Kier molecular flexibility index (Phi) is 10.2. The van der Waals surface area contributed by atoms with Gasteiger partial charge in [-0.05, 0) is 0 Å². The van der Waals surface area contributed by atoms with E-state index in [4.69, 9.17) is 24.7 Å². The predicted molar refractivity (Wildman–Crippen MR) is 106 cm³/mol. The first-order chi connectivity index (χ1) is 15.6. The Balaban J connectivity index is 2.61. The molecule has 33 heavy (non-hydrogen) atoms. The second-order valence-corrected chi connectivity index (χ2v) is 7.88. The molecule has 2 aliphatic heterocycles. The van der Waals surface area contributed by atoms with Gasteiger partial charge in [0, 0.05) is 13.6 Å². The van der Waals surface area contributed by atoms with Gasteiger partial charge in [0.2, 0.25) is 0 Å². The quantitative estimate of drug-likeness (QED) is 0.136. The molecule has 2 heterocycles. The molecule has 0 aromatic heterocycles. The lowest BCUT2D eigenvalue weighted by Gasteiger charge is -2.57. The number of carbonyl (C=O) groups excluding carboxylic acids is 1. The van der Waals surface area contributed by atoms with Crippen molar-refractivity contribution in [3.05, 3.63) is 0 Å². The van der Waals surface area contributed by atoms with Crippen molar-refractivity contribution in [3.8, 4) is 0 Å². The van der Waals surface area contributed by atoms with Crippen LogP contribution in [0.3, 0.4) is 0 Å². The van der Waals surface area contributed by atoms with Crippen LogP contribution in [-0.2, 0) is 18.9 Å². The fraction of sp³-hybridized carbons (Fsp3) is 0.944. The SMILES string of the molecule is CNC(=O)O[C@H]1[C@@H](O)[C@H](O)[C@@H](CO)O[C@@H]1C1(C(O)COCCN)O[C@@H](CO)[C@@H](O)[C@H](O)[C@@H]1O. The maximum atomic E-state index is 12.0. The molecule has 2 unspecified atom stereocenters. The fourth-order valence-corrected chi connectivity index (χ4v) is 4.10. The number of hydrogen-bond acceptors (Lipinski definition) is 14. The summed E-state index contributed by atoms with van der Waals surface area (Å²) >= 11 is 0. The third-order valence-corrected chi connectivity index (χ3v) is 5.87. The lowest BCUT2D eigenvalue weighted by molar-refractivity contribution is -0.363. The van der Waals surface area contributed by atoms with Crippen LogP contribution in [-0.4, -0.2) is 154 Å². The van der Waals surface area contributed by atoms with Gasteiger partial charge in [0.1, 0.15) is 54.9 Å². The summed E-state index contributed by atoms with van der Waals surface area (Å²) in [5.41, 5.74) is 2.88. The molecule has 2 saturated heterocycles. The first-order valence-corrected chi connectivity index (χ1v) is 10.4. The van der Waals surface area contributed by atoms with Crippen LogP contribution in [0.25, 0.3) is 0 Å². The summed E-state index contributed by atoms with van der Waals surface area (Å²) in [6.07, 6.45) is -19.3. The van der Waals surface area contributed by atoms with Gasteiger partial charge in [0.25, 0.3) is 0 Å². The van der Waals surface area contributed by atoms with Crippen LogP contribution in [0, 0.1) is 0 Å². The third kappa shape index (κ3) is 5.39. The molecule has 194 valence electrons. The first-order valence-electron chi connectivity index (χ1n) is 10.4. The minimum absolute atomic E-state index is 0.0257. The van der Waals surface area contributed by atoms with E-state index in [1.54, 1.807) is 0 Å². The van der Waals surface area contributed by atoms with Crippen molar-refractivity contribution < 1.29 is 64.6 Å². The largest absolute Gasteiger partial charge is 0.440 e. The number of amides is 1. The Bertz CT molecular complexity index is 628. The number of carbonyl (C=O) groups is 1. The molecule has 15 nitrogen and oxygen atoms in total. The molecule has 0 saturated carbocycles. The molecule has 2 aliphatic rings. The van der Waals surface area contributed by atoms with Crippen molar-refractivity contribution in [1.82, 2.24) is 5.32 Å². The number of nitrogens with one attached hydrogen (secondary N) is 1. The molecular formula is C18H34N2O13. The number of nitrogens with two attached hydrogens (primary N) is 1. The molecular weight excluding hydrogens is 452 g/mol. The van der Waals surface area contributed by atoms with Gasteiger partial charge >= 0.3 is 6.09 Å². The standard InChI is InChI=1S/C18H34N2O13/c1-20-17(29)32-14-12(26)10(24)7(4-21)31-16(14)18(9(23)6-30-3-2-19)15(28)13(27)11(25)8(5-22)33-18/h7-16,21-28H,2-6,19H2,1H3,(H,20,29)/t7-,8+,9?,10-,11-,12+,13+,14+,15+,16+,18?/m1/s1. The van der Waals surface area contributed by atoms with E-state index in [-0.39, 0.29) is 13.2 Å². The fourth-order valence-electron chi connectivity index (χ4n) is 4.10. The van der Waals surface area contributed by atoms with E-state index in [9.17, 15) is 45.6 Å². The number of hydrogen-bond donors (Lipinski definition) is 10. The predicted octanol–water partition coefficient (Wildman–Crippen LogP) is -6.26. The normalized spacial score (nSPS) is 42.5. The smallest absolute Gasteiger partial charge is 0.407 e. The van der Waals surface area contributed by atoms with Crippen LogP contribution in [0.2, 0.25) is 0 Å². The number of aliphatic hydroxyl groups excluding tert-OH is 8. The number of aliphatic hydroxyl groups is 8. The Hall–Kier alpha value is -1.21. The van der Waals surface area contributed by atoms with E-state index in [0.717, 1.165) is 0 Å². The molecule has 11 N–H and O–H groups in total. The number of alkyl carbamates (subject to hydrolysis) is 1. The second kappa shape index (κ2) is 12.0. The zero-order valence-corrected chi connectivity index (χ0v) is 18.0. The molecule has 0 bridgehead atoms. The average molecular weight is 486 g/mol. The average Bonchev–Trinajstić information content (AvgIpc) is 2.81. The Labute approximate surface area is 189 Å². The summed E-state index contributed by atoms with van der Waals surface area (Å²) < 4.78 is 21.7. The van der Waals surface area contributed by atoms with E-state index in [1.165, 1.54) is 7.05 Å². The Morgan fingerprint density at radius 1 is 1.06 bits per heavy atom. The van der Waals surface area contributed by atoms with Gasteiger partial charge in [-0.2, -0.15) is 0 Å². The van der Waals surface area contributed by atoms with Crippen LogP contribution in [0.1, 0.15) is 0 Å². The van der Waals surface area contributed by atoms with E-state index in [0.29, 0.717) is 0 Å². The molecule has 15 heteroatoms. The minimum atomic E-state index is -2.49. The molecule has 1 amide bonds. The Morgan fingerprint density at radius 3 is 2.21 bits per heavy atom. The van der Waals surface area contributed by atoms with E-state index in [2.05, 4.69) is 5.32 Å². The van der Waals surface area contributed by atoms with Crippen molar-refractivity contribution in [1.29, 1.82) is 0 Å². The van der Waals surface area contributed by atoms with Gasteiger partial charge < -0.3 is 70.9 Å². The molecule has 0 radical (unpaired) electrons. The molecule has 11 atom stereocenters. The molecule has 0 spiro atoms. The minimum Gasteiger partial charge on any atom is -0.440 e. The second-order valence-electron chi connectivity index (χ2n) is 7.88. The Morgan fingerprint density at radius 2 is 1.67 bits per heavy atom. The zero-order valence-electron chi connectivity index (χ0n) is 18.0. The van der Waals surface area contributed by atoms with Gasteiger partial charge in [-0.3, -0.25) is 0 Å². The molecule has 2 fully saturated rings. The topological polar surface area (TPSA) is 254 Å². The highest BCUT2D eigenvalue weighted by Crippen LogP contribution is 2.42. The van der Waals surface area contributed by atoms with Crippen LogP contribution in [0.15, 0.2) is 0 Å². The summed E-state index contributed by atoms with van der Waals surface area (Å²) in [5, 5.41) is 85.0. The summed E-state index contributed by atoms with van der Waals surface area (Å²) in [6, 6.07) is 0. The lowest BCUT2D eigenvalue weighted by Crippen LogP contribution is -2.79. The highest BCUT2D eigenvalue weighted by molar-refractivity contribution is 5.67. The highest BCUT2D eigenvalue weighted by atomic mass is 16.6. The van der Waals surface area contributed by atoms with Crippen molar-refractivity contribution in [2.24, 2.45) is 5.73 Å². The summed E-state index contributed by atoms with van der Waals surface area (Å²) in [5.74, 6) is 0. The van der Waals surface area contributed by atoms with Crippen molar-refractivity contribution in [2.75, 3.05) is 40.0 Å². The van der Waals surface area contributed by atoms with Gasteiger partial charge in [-0.15, -0.1) is 0 Å². The maximum Gasteiger partial charge on any atom is 0.407 e. The van der Waals surface area contributed by atoms with Gasteiger partial charge in [0.15, 0.2) is 11.7 Å². The van der Waals surface area contributed by atoms with Crippen molar-refractivity contribution in [3.63, 3.8) is 0 Å². The van der Waals surface area contributed by atoms with Crippen LogP contribution >= 0.6 is 0 Å². The number of ether oxygens (including phenoxy) is 4. The molecule has 2 rings (SSSR count). The molecule has 0 aliphatic carbocycles. The van der Waals surface area contributed by atoms with Crippen molar-refractivity contribution >= 4 is 6.09 Å². The number of rotatable bonds is 9. The van der Waals surface area contributed by atoms with E-state index < -0.39 is 92.6 Å². The third-order valence-electron chi connectivity index (χ3n) is 5.87. The summed E-state index contributed by atoms with van der Waals surface area (Å²) in [4.78, 5) is 12.0. The van der Waals surface area contributed by atoms with Crippen LogP contribution in [0.4, 0.5) is 4.79 Å². The van der Waals surface area contributed by atoms with Gasteiger partial charge in [-0.1, -0.05) is 0 Å². The van der Waals surface area contributed by atoms with E-state index in [1.807, 2.05) is 0 Å². The van der Waals surface area contributed by atoms with Crippen LogP contribution < -0.4 is 11.1 Å². The first kappa shape index (κ1) is 28.0.